The number of amides is 1. The molecule has 0 saturated carbocycles. The fourth-order valence-electron chi connectivity index (χ4n) is 3.50. The number of rotatable bonds is 5. The van der Waals surface area contributed by atoms with Crippen molar-refractivity contribution >= 4 is 11.6 Å². The number of hydrogen-bond donors (Lipinski definition) is 0. The van der Waals surface area contributed by atoms with Crippen molar-refractivity contribution in [2.45, 2.75) is 19.9 Å². The Morgan fingerprint density at radius 3 is 2.50 bits per heavy atom. The van der Waals surface area contributed by atoms with Crippen LogP contribution in [0.5, 0.6) is 5.75 Å². The lowest BCUT2D eigenvalue weighted by Gasteiger charge is -2.22. The number of carbonyl (C=O) groups excluding carboxylic acids is 1. The van der Waals surface area contributed by atoms with E-state index in [9.17, 15) is 14.9 Å². The first-order valence-electron chi connectivity index (χ1n) is 9.37. The molecule has 1 aliphatic rings. The van der Waals surface area contributed by atoms with Crippen molar-refractivity contribution in [1.82, 2.24) is 9.80 Å². The molecule has 0 aliphatic carbocycles. The van der Waals surface area contributed by atoms with Gasteiger partial charge in [0.25, 0.3) is 11.6 Å². The molecule has 0 aromatic heterocycles. The maximum absolute atomic E-state index is 12.8. The summed E-state index contributed by atoms with van der Waals surface area (Å²) in [5, 5.41) is 11.0. The summed E-state index contributed by atoms with van der Waals surface area (Å²) in [6.45, 7) is 5.55. The van der Waals surface area contributed by atoms with Gasteiger partial charge >= 0.3 is 0 Å². The Labute approximate surface area is 164 Å². The predicted molar refractivity (Wildman–Crippen MR) is 107 cm³/mol. The number of nitro groups is 1. The van der Waals surface area contributed by atoms with Crippen LogP contribution in [-0.2, 0) is 6.54 Å². The molecule has 3 rings (SSSR count). The lowest BCUT2D eigenvalue weighted by Crippen LogP contribution is -2.35. The first kappa shape index (κ1) is 19.8. The van der Waals surface area contributed by atoms with Crippen molar-refractivity contribution < 1.29 is 14.5 Å². The lowest BCUT2D eigenvalue weighted by molar-refractivity contribution is -0.385. The first-order valence-corrected chi connectivity index (χ1v) is 9.37. The van der Waals surface area contributed by atoms with Gasteiger partial charge in [-0.25, -0.2) is 0 Å². The Kier molecular flexibility index (Phi) is 6.26. The van der Waals surface area contributed by atoms with Gasteiger partial charge in [-0.2, -0.15) is 0 Å². The van der Waals surface area contributed by atoms with Gasteiger partial charge in [-0.3, -0.25) is 19.8 Å². The van der Waals surface area contributed by atoms with Gasteiger partial charge < -0.3 is 9.64 Å². The standard InChI is InChI=1S/C21H25N3O4/c1-16-14-18(6-9-20(16)24(26)27)21(25)23-11-3-10-22(12-13-23)15-17-4-7-19(28-2)8-5-17/h4-9,14H,3,10-13,15H2,1-2H3. The van der Waals surface area contributed by atoms with Gasteiger partial charge in [0.2, 0.25) is 0 Å². The third-order valence-corrected chi connectivity index (χ3v) is 5.08. The van der Waals surface area contributed by atoms with Crippen LogP contribution >= 0.6 is 0 Å². The number of aryl methyl sites for hydroxylation is 1. The highest BCUT2D eigenvalue weighted by Crippen LogP contribution is 2.20. The molecule has 7 heteroatoms. The molecule has 2 aromatic rings. The summed E-state index contributed by atoms with van der Waals surface area (Å²) in [6.07, 6.45) is 0.897. The van der Waals surface area contributed by atoms with Gasteiger partial charge in [-0.15, -0.1) is 0 Å². The monoisotopic (exact) mass is 383 g/mol. The van der Waals surface area contributed by atoms with Crippen LogP contribution in [0.2, 0.25) is 0 Å². The number of benzene rings is 2. The minimum atomic E-state index is -0.424. The molecular formula is C21H25N3O4. The van der Waals surface area contributed by atoms with Crippen molar-refractivity contribution in [1.29, 1.82) is 0 Å². The molecule has 28 heavy (non-hydrogen) atoms. The molecule has 0 atom stereocenters. The molecule has 0 unspecified atom stereocenters. The summed E-state index contributed by atoms with van der Waals surface area (Å²) in [4.78, 5) is 27.6. The van der Waals surface area contributed by atoms with E-state index in [-0.39, 0.29) is 11.6 Å². The second-order valence-electron chi connectivity index (χ2n) is 7.03. The van der Waals surface area contributed by atoms with Crippen LogP contribution < -0.4 is 4.74 Å². The molecule has 1 fully saturated rings. The van der Waals surface area contributed by atoms with Crippen LogP contribution in [-0.4, -0.2) is 53.9 Å². The third-order valence-electron chi connectivity index (χ3n) is 5.08. The predicted octanol–water partition coefficient (Wildman–Crippen LogP) is 3.26. The maximum atomic E-state index is 12.8. The zero-order chi connectivity index (χ0) is 20.1. The number of carbonyl (C=O) groups is 1. The van der Waals surface area contributed by atoms with E-state index in [1.165, 1.54) is 11.6 Å². The fraction of sp³-hybridized carbons (Fsp3) is 0.381. The number of nitrogens with zero attached hydrogens (tertiary/aromatic N) is 3. The normalized spacial score (nSPS) is 15.1. The van der Waals surface area contributed by atoms with E-state index in [1.807, 2.05) is 17.0 Å². The van der Waals surface area contributed by atoms with Crippen molar-refractivity contribution in [3.8, 4) is 5.75 Å². The molecule has 1 heterocycles. The van der Waals surface area contributed by atoms with Gasteiger partial charge in [0, 0.05) is 49.9 Å². The Bertz CT molecular complexity index is 851. The molecule has 148 valence electrons. The van der Waals surface area contributed by atoms with E-state index < -0.39 is 4.92 Å². The first-order chi connectivity index (χ1) is 13.5. The highest BCUT2D eigenvalue weighted by molar-refractivity contribution is 5.94. The Morgan fingerprint density at radius 2 is 1.86 bits per heavy atom. The number of nitro benzene ring substituents is 1. The van der Waals surface area contributed by atoms with Crippen LogP contribution in [0.1, 0.15) is 27.9 Å². The fourth-order valence-corrected chi connectivity index (χ4v) is 3.50. The van der Waals surface area contributed by atoms with Crippen molar-refractivity contribution in [2.24, 2.45) is 0 Å². The minimum Gasteiger partial charge on any atom is -0.497 e. The van der Waals surface area contributed by atoms with Crippen LogP contribution in [0.25, 0.3) is 0 Å². The molecule has 0 N–H and O–H groups in total. The van der Waals surface area contributed by atoms with E-state index in [2.05, 4.69) is 17.0 Å². The van der Waals surface area contributed by atoms with Crippen LogP contribution in [0.3, 0.4) is 0 Å². The average molecular weight is 383 g/mol. The molecule has 2 aromatic carbocycles. The van der Waals surface area contributed by atoms with E-state index in [1.54, 1.807) is 26.2 Å². The average Bonchev–Trinajstić information content (AvgIpc) is 2.93. The highest BCUT2D eigenvalue weighted by Gasteiger charge is 2.22. The zero-order valence-corrected chi connectivity index (χ0v) is 16.3. The molecule has 0 bridgehead atoms. The Hall–Kier alpha value is -2.93. The number of hydrogen-bond acceptors (Lipinski definition) is 5. The molecule has 7 nitrogen and oxygen atoms in total. The summed E-state index contributed by atoms with van der Waals surface area (Å²) in [5.41, 5.74) is 2.27. The van der Waals surface area contributed by atoms with E-state index >= 15 is 0 Å². The highest BCUT2D eigenvalue weighted by atomic mass is 16.6. The van der Waals surface area contributed by atoms with Crippen molar-refractivity contribution in [3.63, 3.8) is 0 Å². The summed E-state index contributed by atoms with van der Waals surface area (Å²) < 4.78 is 5.20. The van der Waals surface area contributed by atoms with E-state index in [0.717, 1.165) is 31.8 Å². The van der Waals surface area contributed by atoms with Gasteiger partial charge in [-0.1, -0.05) is 12.1 Å². The van der Waals surface area contributed by atoms with Crippen LogP contribution in [0.4, 0.5) is 5.69 Å². The molecule has 1 aliphatic heterocycles. The van der Waals surface area contributed by atoms with Crippen LogP contribution in [0, 0.1) is 17.0 Å². The van der Waals surface area contributed by atoms with Crippen molar-refractivity contribution in [3.05, 3.63) is 69.3 Å². The maximum Gasteiger partial charge on any atom is 0.272 e. The van der Waals surface area contributed by atoms with E-state index in [4.69, 9.17) is 4.74 Å². The largest absolute Gasteiger partial charge is 0.497 e. The number of methoxy groups -OCH3 is 1. The molecule has 0 spiro atoms. The zero-order valence-electron chi connectivity index (χ0n) is 16.3. The van der Waals surface area contributed by atoms with Gasteiger partial charge in [0.05, 0.1) is 12.0 Å². The lowest BCUT2D eigenvalue weighted by atomic mass is 10.1. The van der Waals surface area contributed by atoms with Gasteiger partial charge in [-0.05, 0) is 43.2 Å². The smallest absolute Gasteiger partial charge is 0.272 e. The van der Waals surface area contributed by atoms with Gasteiger partial charge in [0.15, 0.2) is 0 Å². The quantitative estimate of drug-likeness (QED) is 0.585. The molecule has 1 amide bonds. The summed E-state index contributed by atoms with van der Waals surface area (Å²) in [6, 6.07) is 12.6. The molecular weight excluding hydrogens is 358 g/mol. The van der Waals surface area contributed by atoms with E-state index in [0.29, 0.717) is 24.2 Å². The topological polar surface area (TPSA) is 75.9 Å². The number of ether oxygens (including phenoxy) is 1. The Morgan fingerprint density at radius 1 is 1.11 bits per heavy atom. The van der Waals surface area contributed by atoms with Crippen LogP contribution in [0.15, 0.2) is 42.5 Å². The van der Waals surface area contributed by atoms with Crippen molar-refractivity contribution in [2.75, 3.05) is 33.3 Å². The molecule has 1 saturated heterocycles. The second kappa shape index (κ2) is 8.84. The summed E-state index contributed by atoms with van der Waals surface area (Å²) in [7, 11) is 1.65. The summed E-state index contributed by atoms with van der Waals surface area (Å²) in [5.74, 6) is 0.777. The second-order valence-corrected chi connectivity index (χ2v) is 7.03. The SMILES string of the molecule is COc1ccc(CN2CCCN(C(=O)c3ccc([N+](=O)[O-])c(C)c3)CC2)cc1. The third kappa shape index (κ3) is 4.67. The Balaban J connectivity index is 1.61. The molecule has 0 radical (unpaired) electrons. The van der Waals surface area contributed by atoms with Gasteiger partial charge in [0.1, 0.15) is 5.75 Å². The summed E-state index contributed by atoms with van der Waals surface area (Å²) >= 11 is 0. The minimum absolute atomic E-state index is 0.0399.